The molecule has 1 atom stereocenters. The predicted octanol–water partition coefficient (Wildman–Crippen LogP) is 7.08. The van der Waals surface area contributed by atoms with E-state index in [9.17, 15) is 14.0 Å². The third-order valence-corrected chi connectivity index (χ3v) is 8.55. The van der Waals surface area contributed by atoms with Crippen molar-refractivity contribution in [2.45, 2.75) is 29.3 Å². The van der Waals surface area contributed by atoms with Crippen LogP contribution >= 0.6 is 34.8 Å². The fourth-order valence-corrected chi connectivity index (χ4v) is 5.87. The molecular formula is C37H37Cl3FN3O4. The van der Waals surface area contributed by atoms with Gasteiger partial charge in [0.1, 0.15) is 24.2 Å². The molecule has 48 heavy (non-hydrogen) atoms. The first-order chi connectivity index (χ1) is 23.2. The zero-order valence-electron chi connectivity index (χ0n) is 26.3. The lowest BCUT2D eigenvalue weighted by Gasteiger charge is -2.36. The third kappa shape index (κ3) is 10.2. The van der Waals surface area contributed by atoms with Crippen molar-refractivity contribution in [1.82, 2.24) is 9.80 Å². The van der Waals surface area contributed by atoms with Crippen LogP contribution in [0.2, 0.25) is 0 Å². The van der Waals surface area contributed by atoms with Gasteiger partial charge < -0.3 is 19.3 Å². The van der Waals surface area contributed by atoms with Gasteiger partial charge in [-0.05, 0) is 41.0 Å². The number of hydrogen-bond acceptors (Lipinski definition) is 5. The van der Waals surface area contributed by atoms with Crippen LogP contribution in [-0.2, 0) is 33.8 Å². The SMILES string of the molecule is O=C([C@H](Cc1ccccc1)N(Cc1ccccc1)C(=O)C(Cl)(Cl)Cl)N(Cc1ccc(F)cc1)c1cccc(OCCN2CCOCC2)c1. The number of halogens is 4. The standard InChI is InChI=1S/C37H37Cl3FN3O4/c38-37(39,40)36(46)44(27-29-10-5-2-6-11-29)34(24-28-8-3-1-4-9-28)35(45)43(26-30-14-16-31(41)17-15-30)32-12-7-13-33(25-32)48-23-20-42-18-21-47-22-19-42/h1-17,25,34H,18-24,26-27H2/t34-/m0/s1. The van der Waals surface area contributed by atoms with Gasteiger partial charge in [-0.15, -0.1) is 0 Å². The molecule has 4 aromatic carbocycles. The molecule has 0 bridgehead atoms. The Morgan fingerprint density at radius 1 is 0.812 bits per heavy atom. The zero-order valence-corrected chi connectivity index (χ0v) is 28.6. The van der Waals surface area contributed by atoms with Gasteiger partial charge >= 0.3 is 0 Å². The number of anilines is 1. The van der Waals surface area contributed by atoms with Gasteiger partial charge in [0.05, 0.1) is 19.8 Å². The molecule has 1 heterocycles. The molecule has 1 aliphatic rings. The second-order valence-electron chi connectivity index (χ2n) is 11.5. The number of ether oxygens (including phenoxy) is 2. The summed E-state index contributed by atoms with van der Waals surface area (Å²) in [5, 5.41) is 0. The van der Waals surface area contributed by atoms with Gasteiger partial charge in [0.2, 0.25) is 5.91 Å². The van der Waals surface area contributed by atoms with Crippen LogP contribution in [0.1, 0.15) is 16.7 Å². The van der Waals surface area contributed by atoms with Crippen LogP contribution < -0.4 is 9.64 Å². The summed E-state index contributed by atoms with van der Waals surface area (Å²) in [5.41, 5.74) is 2.79. The predicted molar refractivity (Wildman–Crippen MR) is 188 cm³/mol. The number of hydrogen-bond donors (Lipinski definition) is 0. The van der Waals surface area contributed by atoms with Gasteiger partial charge in [-0.2, -0.15) is 0 Å². The van der Waals surface area contributed by atoms with Gasteiger partial charge in [0, 0.05) is 44.4 Å². The molecule has 0 radical (unpaired) electrons. The number of benzene rings is 4. The molecule has 0 N–H and O–H groups in total. The fraction of sp³-hybridized carbons (Fsp3) is 0.297. The first-order valence-electron chi connectivity index (χ1n) is 15.7. The fourth-order valence-electron chi connectivity index (χ4n) is 5.54. The Balaban J connectivity index is 1.52. The van der Waals surface area contributed by atoms with Crippen LogP contribution in [0.3, 0.4) is 0 Å². The van der Waals surface area contributed by atoms with Gasteiger partial charge in [-0.3, -0.25) is 14.5 Å². The molecule has 1 saturated heterocycles. The third-order valence-electron chi connectivity index (χ3n) is 8.06. The molecule has 1 aliphatic heterocycles. The number of amides is 2. The largest absolute Gasteiger partial charge is 0.492 e. The Hall–Kier alpha value is -3.66. The van der Waals surface area contributed by atoms with Crippen molar-refractivity contribution >= 4 is 52.3 Å². The van der Waals surface area contributed by atoms with Crippen molar-refractivity contribution in [3.63, 3.8) is 0 Å². The number of morpholine rings is 1. The number of rotatable bonds is 13. The van der Waals surface area contributed by atoms with E-state index in [4.69, 9.17) is 44.3 Å². The quantitative estimate of drug-likeness (QED) is 0.139. The summed E-state index contributed by atoms with van der Waals surface area (Å²) in [6.07, 6.45) is 0.147. The minimum Gasteiger partial charge on any atom is -0.492 e. The number of carbonyl (C=O) groups is 2. The van der Waals surface area contributed by atoms with Crippen LogP contribution in [0, 0.1) is 5.82 Å². The summed E-state index contributed by atoms with van der Waals surface area (Å²) < 4.78 is 23.1. The van der Waals surface area contributed by atoms with Crippen molar-refractivity contribution in [2.75, 3.05) is 44.4 Å². The van der Waals surface area contributed by atoms with E-state index in [1.54, 1.807) is 29.2 Å². The van der Waals surface area contributed by atoms with E-state index >= 15 is 0 Å². The summed E-state index contributed by atoms with van der Waals surface area (Å²) in [6.45, 7) is 4.38. The highest BCUT2D eigenvalue weighted by atomic mass is 35.6. The van der Waals surface area contributed by atoms with E-state index in [0.29, 0.717) is 36.8 Å². The van der Waals surface area contributed by atoms with Crippen molar-refractivity contribution in [3.8, 4) is 5.75 Å². The molecule has 252 valence electrons. The van der Waals surface area contributed by atoms with Gasteiger partial charge in [0.15, 0.2) is 0 Å². The summed E-state index contributed by atoms with van der Waals surface area (Å²) >= 11 is 18.6. The maximum Gasteiger partial charge on any atom is 0.275 e. The second-order valence-corrected chi connectivity index (χ2v) is 13.8. The Morgan fingerprint density at radius 2 is 1.44 bits per heavy atom. The summed E-state index contributed by atoms with van der Waals surface area (Å²) in [4.78, 5) is 34.0. The maximum atomic E-state index is 15.0. The second kappa shape index (κ2) is 17.1. The summed E-state index contributed by atoms with van der Waals surface area (Å²) in [5.74, 6) is -1.05. The molecule has 0 aromatic heterocycles. The van der Waals surface area contributed by atoms with Gasteiger partial charge in [-0.25, -0.2) is 4.39 Å². The summed E-state index contributed by atoms with van der Waals surface area (Å²) in [6, 6.07) is 30.7. The highest BCUT2D eigenvalue weighted by Gasteiger charge is 2.42. The van der Waals surface area contributed by atoms with E-state index in [-0.39, 0.29) is 19.5 Å². The highest BCUT2D eigenvalue weighted by Crippen LogP contribution is 2.32. The maximum absolute atomic E-state index is 15.0. The molecule has 2 amide bonds. The average molecular weight is 713 g/mol. The molecule has 0 spiro atoms. The van der Waals surface area contributed by atoms with Crippen LogP contribution in [0.4, 0.5) is 10.1 Å². The Bertz CT molecular complexity index is 1620. The van der Waals surface area contributed by atoms with Crippen molar-refractivity contribution < 1.29 is 23.5 Å². The minimum atomic E-state index is -2.32. The van der Waals surface area contributed by atoms with Gasteiger partial charge in [-0.1, -0.05) is 114 Å². The first-order valence-corrected chi connectivity index (χ1v) is 16.9. The smallest absolute Gasteiger partial charge is 0.275 e. The normalized spacial score (nSPS) is 14.2. The molecule has 11 heteroatoms. The Labute approximate surface area is 295 Å². The van der Waals surface area contributed by atoms with E-state index in [1.165, 1.54) is 17.0 Å². The summed E-state index contributed by atoms with van der Waals surface area (Å²) in [7, 11) is 0. The highest BCUT2D eigenvalue weighted by molar-refractivity contribution is 6.76. The van der Waals surface area contributed by atoms with E-state index in [0.717, 1.165) is 30.8 Å². The van der Waals surface area contributed by atoms with E-state index in [1.807, 2.05) is 72.8 Å². The molecule has 0 saturated carbocycles. The topological polar surface area (TPSA) is 62.3 Å². The number of nitrogens with zero attached hydrogens (tertiary/aromatic N) is 3. The van der Waals surface area contributed by atoms with Gasteiger partial charge in [0.25, 0.3) is 9.70 Å². The van der Waals surface area contributed by atoms with Crippen LogP contribution in [0.5, 0.6) is 5.75 Å². The van der Waals surface area contributed by atoms with Crippen LogP contribution in [0.15, 0.2) is 109 Å². The van der Waals surface area contributed by atoms with E-state index in [2.05, 4.69) is 4.90 Å². The van der Waals surface area contributed by atoms with Crippen molar-refractivity contribution in [3.05, 3.63) is 132 Å². The number of alkyl halides is 3. The lowest BCUT2D eigenvalue weighted by molar-refractivity contribution is -0.139. The first kappa shape index (κ1) is 35.6. The lowest BCUT2D eigenvalue weighted by Crippen LogP contribution is -2.54. The molecule has 0 unspecified atom stereocenters. The molecule has 5 rings (SSSR count). The van der Waals surface area contributed by atoms with Crippen LogP contribution in [-0.4, -0.2) is 70.9 Å². The molecule has 4 aromatic rings. The molecule has 0 aliphatic carbocycles. The zero-order chi connectivity index (χ0) is 33.9. The lowest BCUT2D eigenvalue weighted by atomic mass is 10.0. The Kier molecular flexibility index (Phi) is 12.7. The number of carbonyl (C=O) groups excluding carboxylic acids is 2. The average Bonchev–Trinajstić information content (AvgIpc) is 3.10. The van der Waals surface area contributed by atoms with Crippen molar-refractivity contribution in [2.24, 2.45) is 0 Å². The molecular weight excluding hydrogens is 676 g/mol. The molecule has 7 nitrogen and oxygen atoms in total. The monoisotopic (exact) mass is 711 g/mol. The van der Waals surface area contributed by atoms with Crippen LogP contribution in [0.25, 0.3) is 0 Å². The minimum absolute atomic E-state index is 0.0197. The van der Waals surface area contributed by atoms with Crippen molar-refractivity contribution in [1.29, 1.82) is 0 Å². The molecule has 1 fully saturated rings. The Morgan fingerprint density at radius 3 is 2.08 bits per heavy atom. The van der Waals surface area contributed by atoms with E-state index < -0.39 is 27.5 Å².